The van der Waals surface area contributed by atoms with Crippen LogP contribution in [0.5, 0.6) is 0 Å². The zero-order valence-corrected chi connectivity index (χ0v) is 14.0. The summed E-state index contributed by atoms with van der Waals surface area (Å²) in [5, 5.41) is 15.4. The summed E-state index contributed by atoms with van der Waals surface area (Å²) in [6, 6.07) is 8.28. The quantitative estimate of drug-likeness (QED) is 0.824. The minimum Gasteiger partial charge on any atom is -0.396 e. The van der Waals surface area contributed by atoms with E-state index in [4.69, 9.17) is 17.3 Å². The number of hydrogen-bond acceptors (Lipinski definition) is 4. The molecule has 3 heterocycles. The van der Waals surface area contributed by atoms with Crippen molar-refractivity contribution in [3.63, 3.8) is 0 Å². The average molecular weight is 333 g/mol. The standard InChI is InChI=1S/C16H19N3OS2/c1-11-6-10-22-15(11)14-13(12-5-2-3-7-17-12)18-16(21)19(14)8-4-9-20/h2-3,5-7,10,13-14,20H,4,8-9H2,1H3,(H,18,21). The summed E-state index contributed by atoms with van der Waals surface area (Å²) in [4.78, 5) is 8.00. The Morgan fingerprint density at radius 2 is 2.27 bits per heavy atom. The number of rotatable bonds is 5. The van der Waals surface area contributed by atoms with Gasteiger partial charge in [-0.05, 0) is 54.7 Å². The molecule has 2 unspecified atom stereocenters. The Kier molecular flexibility index (Phi) is 4.71. The first-order chi connectivity index (χ1) is 10.7. The number of aryl methyl sites for hydroxylation is 1. The van der Waals surface area contributed by atoms with Crippen LogP contribution in [0.25, 0.3) is 0 Å². The van der Waals surface area contributed by atoms with Gasteiger partial charge in [0.1, 0.15) is 0 Å². The largest absolute Gasteiger partial charge is 0.396 e. The molecule has 0 bridgehead atoms. The highest BCUT2D eigenvalue weighted by molar-refractivity contribution is 7.80. The van der Waals surface area contributed by atoms with Gasteiger partial charge in [-0.1, -0.05) is 6.07 Å². The molecule has 116 valence electrons. The van der Waals surface area contributed by atoms with Crippen molar-refractivity contribution in [1.82, 2.24) is 15.2 Å². The number of thiophene rings is 1. The SMILES string of the molecule is Cc1ccsc1C1C(c2ccccn2)NC(=S)N1CCCO. The van der Waals surface area contributed by atoms with E-state index in [-0.39, 0.29) is 18.7 Å². The number of thiocarbonyl (C=S) groups is 1. The summed E-state index contributed by atoms with van der Waals surface area (Å²) >= 11 is 7.29. The Balaban J connectivity index is 1.99. The molecule has 6 heteroatoms. The summed E-state index contributed by atoms with van der Waals surface area (Å²) in [7, 11) is 0. The van der Waals surface area contributed by atoms with Crippen LogP contribution in [0.1, 0.15) is 34.6 Å². The Morgan fingerprint density at radius 1 is 1.41 bits per heavy atom. The van der Waals surface area contributed by atoms with E-state index in [1.165, 1.54) is 10.4 Å². The summed E-state index contributed by atoms with van der Waals surface area (Å²) < 4.78 is 0. The Bertz CT molecular complexity index is 644. The lowest BCUT2D eigenvalue weighted by molar-refractivity contribution is 0.248. The fraction of sp³-hybridized carbons (Fsp3) is 0.375. The van der Waals surface area contributed by atoms with Crippen LogP contribution in [-0.2, 0) is 0 Å². The fourth-order valence-corrected chi connectivity index (χ4v) is 4.27. The molecule has 2 N–H and O–H groups in total. The first kappa shape index (κ1) is 15.4. The number of aliphatic hydroxyl groups is 1. The van der Waals surface area contributed by atoms with Crippen LogP contribution >= 0.6 is 23.6 Å². The first-order valence-electron chi connectivity index (χ1n) is 7.35. The van der Waals surface area contributed by atoms with E-state index in [1.54, 1.807) is 11.3 Å². The zero-order chi connectivity index (χ0) is 15.5. The number of hydrogen-bond donors (Lipinski definition) is 2. The van der Waals surface area contributed by atoms with Crippen molar-refractivity contribution in [1.29, 1.82) is 0 Å². The number of nitrogens with zero attached hydrogens (tertiary/aromatic N) is 2. The molecule has 0 aliphatic carbocycles. The lowest BCUT2D eigenvalue weighted by atomic mass is 10.0. The highest BCUT2D eigenvalue weighted by Crippen LogP contribution is 2.41. The smallest absolute Gasteiger partial charge is 0.170 e. The van der Waals surface area contributed by atoms with E-state index in [1.807, 2.05) is 24.4 Å². The van der Waals surface area contributed by atoms with Crippen molar-refractivity contribution in [2.75, 3.05) is 13.2 Å². The number of aliphatic hydroxyl groups excluding tert-OH is 1. The molecule has 0 spiro atoms. The maximum Gasteiger partial charge on any atom is 0.170 e. The Hall–Kier alpha value is -1.50. The second-order valence-corrected chi connectivity index (χ2v) is 6.70. The van der Waals surface area contributed by atoms with E-state index in [0.29, 0.717) is 6.42 Å². The lowest BCUT2D eigenvalue weighted by Gasteiger charge is -2.27. The first-order valence-corrected chi connectivity index (χ1v) is 8.64. The monoisotopic (exact) mass is 333 g/mol. The van der Waals surface area contributed by atoms with Gasteiger partial charge in [-0.3, -0.25) is 4.98 Å². The minimum absolute atomic E-state index is 0.0461. The molecule has 1 aliphatic heterocycles. The van der Waals surface area contributed by atoms with E-state index in [9.17, 15) is 0 Å². The molecule has 0 amide bonds. The molecular weight excluding hydrogens is 314 g/mol. The number of nitrogens with one attached hydrogen (secondary N) is 1. The third-order valence-corrected chi connectivity index (χ3v) is 5.37. The van der Waals surface area contributed by atoms with E-state index in [2.05, 4.69) is 33.6 Å². The Morgan fingerprint density at radius 3 is 2.91 bits per heavy atom. The number of pyridine rings is 1. The maximum atomic E-state index is 9.17. The van der Waals surface area contributed by atoms with E-state index >= 15 is 0 Å². The van der Waals surface area contributed by atoms with Crippen LogP contribution in [0.2, 0.25) is 0 Å². The molecule has 0 aromatic carbocycles. The highest BCUT2D eigenvalue weighted by Gasteiger charge is 2.40. The molecule has 1 aliphatic rings. The second-order valence-electron chi connectivity index (χ2n) is 5.37. The molecule has 4 nitrogen and oxygen atoms in total. The van der Waals surface area contributed by atoms with Crippen molar-refractivity contribution < 1.29 is 5.11 Å². The highest BCUT2D eigenvalue weighted by atomic mass is 32.1. The van der Waals surface area contributed by atoms with Crippen LogP contribution in [-0.4, -0.2) is 33.3 Å². The van der Waals surface area contributed by atoms with Gasteiger partial charge in [0.2, 0.25) is 0 Å². The van der Waals surface area contributed by atoms with Crippen molar-refractivity contribution in [2.24, 2.45) is 0 Å². The van der Waals surface area contributed by atoms with Crippen LogP contribution in [0, 0.1) is 6.92 Å². The maximum absolute atomic E-state index is 9.17. The molecular formula is C16H19N3OS2. The molecule has 1 fully saturated rings. The molecule has 2 aromatic heterocycles. The predicted octanol–water partition coefficient (Wildman–Crippen LogP) is 2.81. The normalized spacial score (nSPS) is 21.2. The van der Waals surface area contributed by atoms with Crippen molar-refractivity contribution in [3.05, 3.63) is 52.0 Å². The summed E-state index contributed by atoms with van der Waals surface area (Å²) in [6.45, 7) is 3.05. The molecule has 0 radical (unpaired) electrons. The minimum atomic E-state index is 0.0461. The summed E-state index contributed by atoms with van der Waals surface area (Å²) in [5.41, 5.74) is 2.27. The van der Waals surface area contributed by atoms with Gasteiger partial charge in [0.05, 0.1) is 17.8 Å². The lowest BCUT2D eigenvalue weighted by Crippen LogP contribution is -2.31. The predicted molar refractivity (Wildman–Crippen MR) is 92.9 cm³/mol. The average Bonchev–Trinajstić information content (AvgIpc) is 3.09. The summed E-state index contributed by atoms with van der Waals surface area (Å²) in [5.74, 6) is 0. The van der Waals surface area contributed by atoms with Crippen LogP contribution < -0.4 is 5.32 Å². The van der Waals surface area contributed by atoms with Crippen molar-refractivity contribution in [3.8, 4) is 0 Å². The molecule has 3 rings (SSSR count). The molecule has 2 atom stereocenters. The molecule has 1 saturated heterocycles. The van der Waals surface area contributed by atoms with E-state index in [0.717, 1.165) is 17.4 Å². The van der Waals surface area contributed by atoms with Gasteiger partial charge >= 0.3 is 0 Å². The topological polar surface area (TPSA) is 48.4 Å². The van der Waals surface area contributed by atoms with Gasteiger partial charge in [-0.15, -0.1) is 11.3 Å². The Labute approximate surface area is 139 Å². The van der Waals surface area contributed by atoms with Crippen molar-refractivity contribution in [2.45, 2.75) is 25.4 Å². The number of aromatic nitrogens is 1. The fourth-order valence-electron chi connectivity index (χ4n) is 2.86. The van der Waals surface area contributed by atoms with Crippen LogP contribution in [0.3, 0.4) is 0 Å². The van der Waals surface area contributed by atoms with Gasteiger partial charge in [0, 0.05) is 24.2 Å². The summed E-state index contributed by atoms with van der Waals surface area (Å²) in [6.07, 6.45) is 2.52. The molecule has 22 heavy (non-hydrogen) atoms. The van der Waals surface area contributed by atoms with Crippen molar-refractivity contribution >= 4 is 28.7 Å². The molecule has 2 aromatic rings. The van der Waals surface area contributed by atoms with Gasteiger partial charge < -0.3 is 15.3 Å². The van der Waals surface area contributed by atoms with E-state index < -0.39 is 0 Å². The van der Waals surface area contributed by atoms with Gasteiger partial charge in [0.15, 0.2) is 5.11 Å². The van der Waals surface area contributed by atoms with Crippen LogP contribution in [0.15, 0.2) is 35.8 Å². The van der Waals surface area contributed by atoms with Gasteiger partial charge in [-0.25, -0.2) is 0 Å². The van der Waals surface area contributed by atoms with Gasteiger partial charge in [0.25, 0.3) is 0 Å². The third-order valence-electron chi connectivity index (χ3n) is 3.93. The van der Waals surface area contributed by atoms with Gasteiger partial charge in [-0.2, -0.15) is 0 Å². The third kappa shape index (κ3) is 2.86. The second kappa shape index (κ2) is 6.73. The molecule has 0 saturated carbocycles. The zero-order valence-electron chi connectivity index (χ0n) is 12.4. The van der Waals surface area contributed by atoms with Crippen LogP contribution in [0.4, 0.5) is 0 Å².